The van der Waals surface area contributed by atoms with Crippen molar-refractivity contribution < 1.29 is 28.6 Å². The van der Waals surface area contributed by atoms with Crippen LogP contribution >= 0.6 is 15.9 Å². The molecule has 174 valence electrons. The number of carbonyl (C=O) groups excluding carboxylic acids is 3. The number of rotatable bonds is 8. The molecular weight excluding hydrogens is 480 g/mol. The van der Waals surface area contributed by atoms with Crippen LogP contribution in [-0.4, -0.2) is 52.9 Å². The van der Waals surface area contributed by atoms with E-state index in [-0.39, 0.29) is 31.9 Å². The van der Waals surface area contributed by atoms with E-state index in [2.05, 4.69) is 15.9 Å². The Morgan fingerprint density at radius 3 is 2.22 bits per heavy atom. The van der Waals surface area contributed by atoms with E-state index in [1.54, 1.807) is 45.3 Å². The normalized spacial score (nSPS) is 11.1. The molecule has 0 aliphatic heterocycles. The Labute approximate surface area is 196 Å². The summed E-state index contributed by atoms with van der Waals surface area (Å²) < 4.78 is 18.1. The molecule has 0 radical (unpaired) electrons. The van der Waals surface area contributed by atoms with Crippen molar-refractivity contribution in [3.63, 3.8) is 0 Å². The number of carbonyl (C=O) groups is 3. The molecule has 1 aromatic carbocycles. The van der Waals surface area contributed by atoms with Gasteiger partial charge in [-0.3, -0.25) is 9.69 Å². The predicted octanol–water partition coefficient (Wildman–Crippen LogP) is 4.72. The van der Waals surface area contributed by atoms with Crippen molar-refractivity contribution in [2.45, 2.75) is 46.8 Å². The third kappa shape index (κ3) is 6.85. The van der Waals surface area contributed by atoms with Crippen LogP contribution in [-0.2, 0) is 25.5 Å². The van der Waals surface area contributed by atoms with Gasteiger partial charge in [-0.2, -0.15) is 0 Å². The number of esters is 2. The molecule has 32 heavy (non-hydrogen) atoms. The first-order valence-corrected chi connectivity index (χ1v) is 11.1. The molecule has 1 amide bonds. The monoisotopic (exact) mass is 508 g/mol. The van der Waals surface area contributed by atoms with E-state index in [0.29, 0.717) is 10.3 Å². The Kier molecular flexibility index (Phi) is 8.89. The topological polar surface area (TPSA) is 87.1 Å². The Balaban J connectivity index is 2.55. The van der Waals surface area contributed by atoms with E-state index in [1.165, 1.54) is 4.90 Å². The minimum Gasteiger partial charge on any atom is -0.465 e. The highest BCUT2D eigenvalue weighted by Crippen LogP contribution is 2.28. The SMILES string of the molecule is CCOC(=O)CN(Cc1c(C(=O)OCC)cc(Br)n1-c1ccccc1)C(=O)OC(C)(C)C. The quantitative estimate of drug-likeness (QED) is 0.378. The number of hydrogen-bond donors (Lipinski definition) is 0. The van der Waals surface area contributed by atoms with E-state index in [0.717, 1.165) is 5.69 Å². The second-order valence-corrected chi connectivity index (χ2v) is 8.67. The lowest BCUT2D eigenvalue weighted by molar-refractivity contribution is -0.144. The van der Waals surface area contributed by atoms with Crippen molar-refractivity contribution in [3.8, 4) is 5.69 Å². The molecule has 0 fully saturated rings. The third-order valence-corrected chi connectivity index (χ3v) is 4.77. The molecule has 0 saturated heterocycles. The van der Waals surface area contributed by atoms with Crippen molar-refractivity contribution >= 4 is 34.0 Å². The second-order valence-electron chi connectivity index (χ2n) is 7.86. The van der Waals surface area contributed by atoms with E-state index < -0.39 is 23.6 Å². The van der Waals surface area contributed by atoms with Gasteiger partial charge in [-0.1, -0.05) is 18.2 Å². The van der Waals surface area contributed by atoms with Gasteiger partial charge in [0.15, 0.2) is 0 Å². The number of ether oxygens (including phenoxy) is 3. The number of amides is 1. The first-order valence-electron chi connectivity index (χ1n) is 10.3. The van der Waals surface area contributed by atoms with Gasteiger partial charge in [-0.25, -0.2) is 9.59 Å². The fourth-order valence-corrected chi connectivity index (χ4v) is 3.62. The summed E-state index contributed by atoms with van der Waals surface area (Å²) in [7, 11) is 0. The highest BCUT2D eigenvalue weighted by molar-refractivity contribution is 9.10. The van der Waals surface area contributed by atoms with Crippen LogP contribution in [0.15, 0.2) is 41.0 Å². The molecule has 2 aromatic rings. The number of hydrogen-bond acceptors (Lipinski definition) is 6. The number of aromatic nitrogens is 1. The molecule has 1 aromatic heterocycles. The van der Waals surface area contributed by atoms with Gasteiger partial charge < -0.3 is 18.8 Å². The Morgan fingerprint density at radius 2 is 1.66 bits per heavy atom. The summed E-state index contributed by atoms with van der Waals surface area (Å²) in [5, 5.41) is 0. The molecule has 1 heterocycles. The van der Waals surface area contributed by atoms with Gasteiger partial charge in [0.2, 0.25) is 0 Å². The van der Waals surface area contributed by atoms with Crippen LogP contribution in [0.25, 0.3) is 5.69 Å². The van der Waals surface area contributed by atoms with Gasteiger partial charge in [0.1, 0.15) is 12.1 Å². The summed E-state index contributed by atoms with van der Waals surface area (Å²) in [6.45, 7) is 8.58. The van der Waals surface area contributed by atoms with Crippen LogP contribution in [0.5, 0.6) is 0 Å². The van der Waals surface area contributed by atoms with Crippen molar-refractivity contribution in [2.24, 2.45) is 0 Å². The molecule has 0 bridgehead atoms. The molecule has 9 heteroatoms. The molecule has 0 N–H and O–H groups in total. The van der Waals surface area contributed by atoms with E-state index >= 15 is 0 Å². The molecule has 0 aliphatic carbocycles. The zero-order chi connectivity index (χ0) is 23.9. The summed E-state index contributed by atoms with van der Waals surface area (Å²) in [5.41, 5.74) is 0.748. The summed E-state index contributed by atoms with van der Waals surface area (Å²) in [6.07, 6.45) is -0.697. The third-order valence-electron chi connectivity index (χ3n) is 4.19. The first kappa shape index (κ1) is 25.5. The fourth-order valence-electron chi connectivity index (χ4n) is 2.97. The molecule has 0 saturated carbocycles. The van der Waals surface area contributed by atoms with E-state index in [9.17, 15) is 14.4 Å². The van der Waals surface area contributed by atoms with Crippen LogP contribution < -0.4 is 0 Å². The number of benzene rings is 1. The van der Waals surface area contributed by atoms with Crippen molar-refractivity contribution in [1.82, 2.24) is 9.47 Å². The summed E-state index contributed by atoms with van der Waals surface area (Å²) in [6, 6.07) is 11.0. The van der Waals surface area contributed by atoms with E-state index in [4.69, 9.17) is 14.2 Å². The summed E-state index contributed by atoms with van der Waals surface area (Å²) in [5.74, 6) is -1.11. The van der Waals surface area contributed by atoms with Crippen molar-refractivity contribution in [2.75, 3.05) is 19.8 Å². The van der Waals surface area contributed by atoms with Gasteiger partial charge in [0, 0.05) is 5.69 Å². The van der Waals surface area contributed by atoms with Gasteiger partial charge in [0.25, 0.3) is 0 Å². The average Bonchev–Trinajstić information content (AvgIpc) is 3.03. The predicted molar refractivity (Wildman–Crippen MR) is 123 cm³/mol. The molecule has 0 unspecified atom stereocenters. The number of nitrogens with zero attached hydrogens (tertiary/aromatic N) is 2. The lowest BCUT2D eigenvalue weighted by Crippen LogP contribution is -2.40. The first-order chi connectivity index (χ1) is 15.1. The van der Waals surface area contributed by atoms with Crippen molar-refractivity contribution in [3.05, 3.63) is 52.3 Å². The summed E-state index contributed by atoms with van der Waals surface area (Å²) in [4.78, 5) is 39.0. The number of halogens is 1. The van der Waals surface area contributed by atoms with E-state index in [1.807, 2.05) is 30.3 Å². The molecular formula is C23H29BrN2O6. The van der Waals surface area contributed by atoms with Crippen LogP contribution in [0, 0.1) is 0 Å². The smallest absolute Gasteiger partial charge is 0.411 e. The second kappa shape index (κ2) is 11.2. The zero-order valence-electron chi connectivity index (χ0n) is 19.0. The summed E-state index contributed by atoms with van der Waals surface area (Å²) >= 11 is 3.50. The fraction of sp³-hybridized carbons (Fsp3) is 0.435. The van der Waals surface area contributed by atoms with Crippen LogP contribution in [0.2, 0.25) is 0 Å². The Bertz CT molecular complexity index is 949. The van der Waals surface area contributed by atoms with Crippen molar-refractivity contribution in [1.29, 1.82) is 0 Å². The zero-order valence-corrected chi connectivity index (χ0v) is 20.6. The molecule has 0 aliphatic rings. The molecule has 8 nitrogen and oxygen atoms in total. The van der Waals surface area contributed by atoms with Gasteiger partial charge in [0.05, 0.1) is 35.6 Å². The highest BCUT2D eigenvalue weighted by Gasteiger charge is 2.29. The lowest BCUT2D eigenvalue weighted by Gasteiger charge is -2.27. The lowest BCUT2D eigenvalue weighted by atomic mass is 10.2. The average molecular weight is 509 g/mol. The van der Waals surface area contributed by atoms with Gasteiger partial charge in [-0.05, 0) is 68.7 Å². The Morgan fingerprint density at radius 1 is 1.03 bits per heavy atom. The Hall–Kier alpha value is -2.81. The maximum atomic E-state index is 12.9. The van der Waals surface area contributed by atoms with Crippen LogP contribution in [0.1, 0.15) is 50.7 Å². The standard InChI is InChI=1S/C23H29BrN2O6/c1-6-30-20(27)15-25(22(29)32-23(3,4)5)14-18-17(21(28)31-7-2)13-19(24)26(18)16-11-9-8-10-12-16/h8-13H,6-7,14-15H2,1-5H3. The minimum atomic E-state index is -0.768. The van der Waals surface area contributed by atoms with Gasteiger partial charge in [-0.15, -0.1) is 0 Å². The molecule has 0 atom stereocenters. The van der Waals surface area contributed by atoms with Gasteiger partial charge >= 0.3 is 18.0 Å². The molecule has 2 rings (SSSR count). The largest absolute Gasteiger partial charge is 0.465 e. The van der Waals surface area contributed by atoms with Crippen LogP contribution in [0.3, 0.4) is 0 Å². The maximum absolute atomic E-state index is 12.9. The minimum absolute atomic E-state index is 0.0810. The molecule has 0 spiro atoms. The highest BCUT2D eigenvalue weighted by atomic mass is 79.9. The maximum Gasteiger partial charge on any atom is 0.411 e. The number of para-hydroxylation sites is 1. The van der Waals surface area contributed by atoms with Crippen LogP contribution in [0.4, 0.5) is 4.79 Å².